The van der Waals surface area contributed by atoms with Crippen LogP contribution in [0.3, 0.4) is 0 Å². The summed E-state index contributed by atoms with van der Waals surface area (Å²) in [5.74, 6) is -1.92. The number of hydrogen-bond donors (Lipinski definition) is 1. The van der Waals surface area contributed by atoms with Crippen LogP contribution in [0.2, 0.25) is 0 Å². The van der Waals surface area contributed by atoms with Crippen molar-refractivity contribution >= 4 is 11.9 Å². The van der Waals surface area contributed by atoms with Gasteiger partial charge in [-0.1, -0.05) is 44.2 Å². The smallest absolute Gasteiger partial charge is 0.307 e. The topological polar surface area (TPSA) is 60.9 Å². The minimum Gasteiger partial charge on any atom is -0.481 e. The fourth-order valence-corrected chi connectivity index (χ4v) is 3.15. The molecule has 2 atom stereocenters. The van der Waals surface area contributed by atoms with Gasteiger partial charge in [0.1, 0.15) is 0 Å². The highest BCUT2D eigenvalue weighted by atomic mass is 16.4. The van der Waals surface area contributed by atoms with Gasteiger partial charge in [0, 0.05) is 19.6 Å². The Morgan fingerprint density at radius 3 is 2.17 bits per heavy atom. The Morgan fingerprint density at radius 2 is 1.70 bits per heavy atom. The van der Waals surface area contributed by atoms with Gasteiger partial charge in [-0.25, -0.2) is 0 Å². The lowest BCUT2D eigenvalue weighted by molar-refractivity contribution is -0.142. The van der Waals surface area contributed by atoms with Crippen LogP contribution in [0.15, 0.2) is 30.3 Å². The van der Waals surface area contributed by atoms with Crippen molar-refractivity contribution in [3.05, 3.63) is 35.9 Å². The van der Waals surface area contributed by atoms with E-state index in [2.05, 4.69) is 0 Å². The Balaban J connectivity index is 2.13. The van der Waals surface area contributed by atoms with Crippen LogP contribution >= 0.6 is 0 Å². The number of rotatable bonds is 7. The van der Waals surface area contributed by atoms with Gasteiger partial charge in [-0.2, -0.15) is 0 Å². The maximum atomic E-state index is 12.9. The van der Waals surface area contributed by atoms with E-state index in [-0.39, 0.29) is 5.91 Å². The van der Waals surface area contributed by atoms with Gasteiger partial charge in [-0.3, -0.25) is 9.59 Å². The van der Waals surface area contributed by atoms with Gasteiger partial charge in [-0.15, -0.1) is 0 Å². The molecule has 0 unspecified atom stereocenters. The van der Waals surface area contributed by atoms with Crippen LogP contribution < -0.4 is 0 Å². The van der Waals surface area contributed by atoms with Crippen molar-refractivity contribution in [3.8, 4) is 0 Å². The zero-order chi connectivity index (χ0) is 17.2. The molecule has 1 saturated carbocycles. The maximum Gasteiger partial charge on any atom is 0.307 e. The van der Waals surface area contributed by atoms with Gasteiger partial charge in [-0.05, 0) is 25.1 Å². The van der Waals surface area contributed by atoms with Crippen LogP contribution in [-0.2, 0) is 16.1 Å². The predicted octanol–water partition coefficient (Wildman–Crippen LogP) is 1.93. The first kappa shape index (κ1) is 17.5. The summed E-state index contributed by atoms with van der Waals surface area (Å²) in [6.07, 6.45) is 0. The van der Waals surface area contributed by atoms with Gasteiger partial charge in [0.25, 0.3) is 0 Å². The molecular weight excluding hydrogens is 292 g/mol. The minimum atomic E-state index is -0.874. The van der Waals surface area contributed by atoms with E-state index in [0.717, 1.165) is 12.1 Å². The Hall–Kier alpha value is -1.88. The van der Waals surface area contributed by atoms with Gasteiger partial charge in [0.15, 0.2) is 0 Å². The number of carbonyl (C=O) groups excluding carboxylic acids is 1. The van der Waals surface area contributed by atoms with Crippen LogP contribution in [0.1, 0.15) is 19.4 Å². The molecule has 1 aromatic rings. The van der Waals surface area contributed by atoms with Crippen LogP contribution in [0, 0.1) is 17.3 Å². The molecule has 0 spiro atoms. The molecule has 0 heterocycles. The number of hydrogen-bond acceptors (Lipinski definition) is 3. The third-order valence-electron chi connectivity index (χ3n) is 4.70. The monoisotopic (exact) mass is 318 g/mol. The van der Waals surface area contributed by atoms with E-state index in [4.69, 9.17) is 0 Å². The second-order valence-electron chi connectivity index (χ2n) is 7.16. The van der Waals surface area contributed by atoms with Crippen LogP contribution in [0.4, 0.5) is 0 Å². The van der Waals surface area contributed by atoms with Gasteiger partial charge in [0.2, 0.25) is 5.91 Å². The summed E-state index contributed by atoms with van der Waals surface area (Å²) in [6, 6.07) is 9.82. The normalized spacial score (nSPS) is 22.0. The van der Waals surface area contributed by atoms with E-state index in [1.165, 1.54) is 0 Å². The van der Waals surface area contributed by atoms with E-state index in [1.54, 1.807) is 4.90 Å². The largest absolute Gasteiger partial charge is 0.481 e. The standard InChI is InChI=1S/C18H26N2O3/c1-18(2)14(15(18)17(22)23)16(21)20(11-10-19(3)4)12-13-8-6-5-7-9-13/h5-9,14-15H,10-12H2,1-4H3,(H,22,23)/t14-,15+/m0/s1. The summed E-state index contributed by atoms with van der Waals surface area (Å²) < 4.78 is 0. The van der Waals surface area contributed by atoms with Crippen molar-refractivity contribution in [2.75, 3.05) is 27.2 Å². The highest BCUT2D eigenvalue weighted by Gasteiger charge is 2.66. The van der Waals surface area contributed by atoms with E-state index >= 15 is 0 Å². The molecule has 0 saturated heterocycles. The molecule has 23 heavy (non-hydrogen) atoms. The highest BCUT2D eigenvalue weighted by molar-refractivity contribution is 5.91. The van der Waals surface area contributed by atoms with Gasteiger partial charge >= 0.3 is 5.97 Å². The summed E-state index contributed by atoms with van der Waals surface area (Å²) in [5, 5.41) is 9.32. The van der Waals surface area contributed by atoms with E-state index < -0.39 is 23.2 Å². The summed E-state index contributed by atoms with van der Waals surface area (Å²) in [5.41, 5.74) is 0.598. The zero-order valence-corrected chi connectivity index (χ0v) is 14.3. The maximum absolute atomic E-state index is 12.9. The van der Waals surface area contributed by atoms with Crippen molar-refractivity contribution in [2.24, 2.45) is 17.3 Å². The Labute approximate surface area is 137 Å². The fourth-order valence-electron chi connectivity index (χ4n) is 3.15. The first-order chi connectivity index (χ1) is 10.7. The number of carboxylic acids is 1. The second-order valence-corrected chi connectivity index (χ2v) is 7.16. The minimum absolute atomic E-state index is 0.0481. The molecule has 5 nitrogen and oxygen atoms in total. The van der Waals surface area contributed by atoms with Crippen molar-refractivity contribution in [1.29, 1.82) is 0 Å². The third kappa shape index (κ3) is 3.91. The Morgan fingerprint density at radius 1 is 1.09 bits per heavy atom. The molecule has 1 aliphatic carbocycles. The molecule has 1 aliphatic rings. The first-order valence-corrected chi connectivity index (χ1v) is 7.95. The highest BCUT2D eigenvalue weighted by Crippen LogP contribution is 2.59. The molecule has 1 fully saturated rings. The summed E-state index contributed by atoms with van der Waals surface area (Å²) >= 11 is 0. The number of amides is 1. The Kier molecular flexibility index (Phi) is 5.09. The number of benzene rings is 1. The molecule has 1 N–H and O–H groups in total. The lowest BCUT2D eigenvalue weighted by atomic mass is 10.1. The predicted molar refractivity (Wildman–Crippen MR) is 88.8 cm³/mol. The number of carboxylic acid groups (broad SMARTS) is 1. The molecule has 1 amide bonds. The van der Waals surface area contributed by atoms with Crippen LogP contribution in [0.5, 0.6) is 0 Å². The SMILES string of the molecule is CN(C)CCN(Cc1ccccc1)C(=O)[C@@H]1[C@H](C(=O)O)C1(C)C. The molecule has 1 aromatic carbocycles. The van der Waals surface area contributed by atoms with E-state index in [0.29, 0.717) is 13.1 Å². The van der Waals surface area contributed by atoms with Crippen LogP contribution in [0.25, 0.3) is 0 Å². The second kappa shape index (κ2) is 6.71. The van der Waals surface area contributed by atoms with Gasteiger partial charge in [0.05, 0.1) is 11.8 Å². The van der Waals surface area contributed by atoms with Crippen molar-refractivity contribution < 1.29 is 14.7 Å². The third-order valence-corrected chi connectivity index (χ3v) is 4.70. The van der Waals surface area contributed by atoms with Crippen LogP contribution in [-0.4, -0.2) is 54.0 Å². The number of likely N-dealkylation sites (N-methyl/N-ethyl adjacent to an activating group) is 1. The number of aliphatic carboxylic acids is 1. The zero-order valence-electron chi connectivity index (χ0n) is 14.3. The molecule has 0 aliphatic heterocycles. The van der Waals surface area contributed by atoms with Crippen molar-refractivity contribution in [3.63, 3.8) is 0 Å². The van der Waals surface area contributed by atoms with E-state index in [9.17, 15) is 14.7 Å². The lowest BCUT2D eigenvalue weighted by Gasteiger charge is -2.25. The molecular formula is C18H26N2O3. The molecule has 2 rings (SSSR count). The van der Waals surface area contributed by atoms with Crippen molar-refractivity contribution in [1.82, 2.24) is 9.80 Å². The molecule has 0 aromatic heterocycles. The summed E-state index contributed by atoms with van der Waals surface area (Å²) in [4.78, 5) is 28.1. The van der Waals surface area contributed by atoms with E-state index in [1.807, 2.05) is 63.2 Å². The fraction of sp³-hybridized carbons (Fsp3) is 0.556. The average Bonchev–Trinajstić information content (AvgIpc) is 3.06. The van der Waals surface area contributed by atoms with Gasteiger partial charge < -0.3 is 14.9 Å². The Bertz CT molecular complexity index is 569. The molecule has 0 bridgehead atoms. The molecule has 126 valence electrons. The quantitative estimate of drug-likeness (QED) is 0.834. The first-order valence-electron chi connectivity index (χ1n) is 7.95. The lowest BCUT2D eigenvalue weighted by Crippen LogP contribution is -2.38. The number of nitrogens with zero attached hydrogens (tertiary/aromatic N) is 2. The van der Waals surface area contributed by atoms with Crippen molar-refractivity contribution in [2.45, 2.75) is 20.4 Å². The molecule has 5 heteroatoms. The molecule has 0 radical (unpaired) electrons. The average molecular weight is 318 g/mol. The number of carbonyl (C=O) groups is 2. The summed E-state index contributed by atoms with van der Waals surface area (Å²) in [7, 11) is 3.93. The summed E-state index contributed by atoms with van der Waals surface area (Å²) in [6.45, 7) is 5.59.